The van der Waals surface area contributed by atoms with Crippen LogP contribution < -0.4 is 16.4 Å². The summed E-state index contributed by atoms with van der Waals surface area (Å²) in [6, 6.07) is 6.58. The van der Waals surface area contributed by atoms with Crippen LogP contribution >= 0.6 is 0 Å². The topological polar surface area (TPSA) is 93.4 Å². The number of nitrogens with one attached hydrogen (secondary N) is 2. The number of ether oxygens (including phenoxy) is 1. The van der Waals surface area contributed by atoms with Crippen molar-refractivity contribution in [3.8, 4) is 0 Å². The highest BCUT2D eigenvalue weighted by Gasteiger charge is 2.10. The number of para-hydroxylation sites is 1. The van der Waals surface area contributed by atoms with Gasteiger partial charge in [0.25, 0.3) is 0 Å². The van der Waals surface area contributed by atoms with Crippen LogP contribution in [0, 0.1) is 0 Å². The third-order valence-electron chi connectivity index (χ3n) is 2.42. The lowest BCUT2D eigenvalue weighted by molar-refractivity contribution is -0.117. The molecule has 0 aromatic heterocycles. The van der Waals surface area contributed by atoms with Gasteiger partial charge in [-0.3, -0.25) is 4.79 Å². The van der Waals surface area contributed by atoms with Gasteiger partial charge in [-0.2, -0.15) is 0 Å². The number of anilines is 1. The van der Waals surface area contributed by atoms with E-state index in [4.69, 9.17) is 10.5 Å². The Morgan fingerprint density at radius 3 is 2.68 bits per heavy atom. The summed E-state index contributed by atoms with van der Waals surface area (Å²) in [6.07, 6.45) is 0.0874. The molecule has 0 radical (unpaired) electrons. The highest BCUT2D eigenvalue weighted by molar-refractivity contribution is 5.91. The van der Waals surface area contributed by atoms with Gasteiger partial charge in [-0.15, -0.1) is 0 Å². The number of rotatable bonds is 6. The molecule has 1 aromatic carbocycles. The first-order chi connectivity index (χ1) is 9.02. The molecule has 4 N–H and O–H groups in total. The highest BCUT2D eigenvalue weighted by Crippen LogP contribution is 2.15. The molecule has 0 aliphatic rings. The van der Waals surface area contributed by atoms with Crippen LogP contribution in [-0.2, 0) is 16.0 Å². The molecule has 1 aromatic rings. The average molecular weight is 265 g/mol. The first-order valence-corrected chi connectivity index (χ1v) is 5.95. The second kappa shape index (κ2) is 7.38. The second-order valence-corrected chi connectivity index (χ2v) is 4.26. The number of carbonyl (C=O) groups is 2. The summed E-state index contributed by atoms with van der Waals surface area (Å²) in [5.74, 6) is -0.442. The summed E-state index contributed by atoms with van der Waals surface area (Å²) in [4.78, 5) is 22.7. The predicted molar refractivity (Wildman–Crippen MR) is 72.8 cm³/mol. The van der Waals surface area contributed by atoms with E-state index in [0.29, 0.717) is 17.9 Å². The van der Waals surface area contributed by atoms with Gasteiger partial charge in [0.2, 0.25) is 5.91 Å². The summed E-state index contributed by atoms with van der Waals surface area (Å²) in [5, 5.41) is 5.41. The number of hydrogen-bond donors (Lipinski definition) is 3. The number of urea groups is 1. The van der Waals surface area contributed by atoms with Crippen molar-refractivity contribution in [2.45, 2.75) is 19.4 Å². The van der Waals surface area contributed by atoms with Crippen LogP contribution in [0.3, 0.4) is 0 Å². The Bertz CT molecular complexity index is 449. The Morgan fingerprint density at radius 1 is 1.37 bits per heavy atom. The van der Waals surface area contributed by atoms with E-state index in [-0.39, 0.29) is 18.5 Å². The monoisotopic (exact) mass is 265 g/mol. The zero-order chi connectivity index (χ0) is 14.3. The molecule has 104 valence electrons. The SMILES string of the molecule is COC[C@@H](C)NC(=O)Nc1ccccc1CC(N)=O. The minimum Gasteiger partial charge on any atom is -0.383 e. The zero-order valence-corrected chi connectivity index (χ0v) is 11.1. The minimum atomic E-state index is -0.442. The number of carbonyl (C=O) groups excluding carboxylic acids is 2. The van der Waals surface area contributed by atoms with Crippen LogP contribution in [0.5, 0.6) is 0 Å². The Balaban J connectivity index is 2.65. The molecule has 19 heavy (non-hydrogen) atoms. The molecule has 1 rings (SSSR count). The molecule has 6 heteroatoms. The smallest absolute Gasteiger partial charge is 0.319 e. The molecule has 0 saturated carbocycles. The first-order valence-electron chi connectivity index (χ1n) is 5.95. The number of amides is 3. The van der Waals surface area contributed by atoms with Crippen molar-refractivity contribution in [2.75, 3.05) is 19.0 Å². The fraction of sp³-hybridized carbons (Fsp3) is 0.385. The third kappa shape index (κ3) is 5.39. The Morgan fingerprint density at radius 2 is 2.05 bits per heavy atom. The van der Waals surface area contributed by atoms with E-state index >= 15 is 0 Å². The van der Waals surface area contributed by atoms with Crippen molar-refractivity contribution >= 4 is 17.6 Å². The standard InChI is InChI=1S/C13H19N3O3/c1-9(8-19-2)15-13(18)16-11-6-4-3-5-10(11)7-12(14)17/h3-6,9H,7-8H2,1-2H3,(H2,14,17)(H2,15,16,18)/t9-/m1/s1. The molecule has 0 bridgehead atoms. The van der Waals surface area contributed by atoms with E-state index < -0.39 is 5.91 Å². The molecular weight excluding hydrogens is 246 g/mol. The van der Waals surface area contributed by atoms with E-state index in [1.165, 1.54) is 0 Å². The van der Waals surface area contributed by atoms with Crippen LogP contribution in [0.4, 0.5) is 10.5 Å². The fourth-order valence-electron chi connectivity index (χ4n) is 1.66. The van der Waals surface area contributed by atoms with Gasteiger partial charge >= 0.3 is 6.03 Å². The number of nitrogens with two attached hydrogens (primary N) is 1. The van der Waals surface area contributed by atoms with E-state index in [1.54, 1.807) is 31.4 Å². The normalized spacial score (nSPS) is 11.7. The number of hydrogen-bond acceptors (Lipinski definition) is 3. The van der Waals surface area contributed by atoms with Gasteiger partial charge < -0.3 is 21.1 Å². The van der Waals surface area contributed by atoms with Gasteiger partial charge in [0.1, 0.15) is 0 Å². The van der Waals surface area contributed by atoms with Crippen LogP contribution in [0.15, 0.2) is 24.3 Å². The lowest BCUT2D eigenvalue weighted by Gasteiger charge is -2.15. The lowest BCUT2D eigenvalue weighted by atomic mass is 10.1. The van der Waals surface area contributed by atoms with Crippen molar-refractivity contribution in [1.29, 1.82) is 0 Å². The lowest BCUT2D eigenvalue weighted by Crippen LogP contribution is -2.38. The van der Waals surface area contributed by atoms with Gasteiger partial charge in [0.05, 0.1) is 19.1 Å². The van der Waals surface area contributed by atoms with Gasteiger partial charge in [0, 0.05) is 12.8 Å². The molecule has 0 aliphatic carbocycles. The highest BCUT2D eigenvalue weighted by atomic mass is 16.5. The van der Waals surface area contributed by atoms with Crippen molar-refractivity contribution < 1.29 is 14.3 Å². The maximum Gasteiger partial charge on any atom is 0.319 e. The van der Waals surface area contributed by atoms with Gasteiger partial charge in [0.15, 0.2) is 0 Å². The first kappa shape index (κ1) is 15.0. The molecule has 0 spiro atoms. The Labute approximate surface area is 112 Å². The number of primary amides is 1. The summed E-state index contributed by atoms with van der Waals surface area (Å²) in [6.45, 7) is 2.26. The van der Waals surface area contributed by atoms with E-state index in [0.717, 1.165) is 0 Å². The minimum absolute atomic E-state index is 0.0874. The molecular formula is C13H19N3O3. The van der Waals surface area contributed by atoms with Crippen molar-refractivity contribution in [1.82, 2.24) is 5.32 Å². The Hall–Kier alpha value is -2.08. The van der Waals surface area contributed by atoms with Crippen molar-refractivity contribution in [2.24, 2.45) is 5.73 Å². The summed E-state index contributed by atoms with van der Waals surface area (Å²) in [7, 11) is 1.57. The van der Waals surface area contributed by atoms with Gasteiger partial charge in [-0.05, 0) is 18.6 Å². The van der Waals surface area contributed by atoms with Crippen LogP contribution in [-0.4, -0.2) is 31.7 Å². The van der Waals surface area contributed by atoms with Gasteiger partial charge in [-0.1, -0.05) is 18.2 Å². The molecule has 0 fully saturated rings. The molecule has 1 atom stereocenters. The van der Waals surface area contributed by atoms with E-state index in [9.17, 15) is 9.59 Å². The quantitative estimate of drug-likeness (QED) is 0.712. The Kier molecular flexibility index (Phi) is 5.81. The molecule has 0 saturated heterocycles. The number of benzene rings is 1. The average Bonchev–Trinajstić information content (AvgIpc) is 2.31. The molecule has 0 unspecified atom stereocenters. The predicted octanol–water partition coefficient (Wildman–Crippen LogP) is 0.871. The summed E-state index contributed by atoms with van der Waals surface area (Å²) >= 11 is 0. The third-order valence-corrected chi connectivity index (χ3v) is 2.42. The second-order valence-electron chi connectivity index (χ2n) is 4.26. The summed E-state index contributed by atoms with van der Waals surface area (Å²) < 4.78 is 4.93. The maximum atomic E-state index is 11.7. The fourth-order valence-corrected chi connectivity index (χ4v) is 1.66. The van der Waals surface area contributed by atoms with Crippen molar-refractivity contribution in [3.05, 3.63) is 29.8 Å². The van der Waals surface area contributed by atoms with E-state index in [1.807, 2.05) is 6.92 Å². The number of methoxy groups -OCH3 is 1. The van der Waals surface area contributed by atoms with Crippen LogP contribution in [0.25, 0.3) is 0 Å². The van der Waals surface area contributed by atoms with Crippen LogP contribution in [0.2, 0.25) is 0 Å². The molecule has 6 nitrogen and oxygen atoms in total. The van der Waals surface area contributed by atoms with Crippen LogP contribution in [0.1, 0.15) is 12.5 Å². The zero-order valence-electron chi connectivity index (χ0n) is 11.1. The maximum absolute atomic E-state index is 11.7. The summed E-state index contributed by atoms with van der Waals surface area (Å²) in [5.41, 5.74) is 6.42. The molecule has 0 aliphatic heterocycles. The van der Waals surface area contributed by atoms with Crippen molar-refractivity contribution in [3.63, 3.8) is 0 Å². The van der Waals surface area contributed by atoms with Gasteiger partial charge in [-0.25, -0.2) is 4.79 Å². The largest absolute Gasteiger partial charge is 0.383 e. The molecule has 0 heterocycles. The molecule has 3 amide bonds. The van der Waals surface area contributed by atoms with E-state index in [2.05, 4.69) is 10.6 Å².